The lowest BCUT2D eigenvalue weighted by Gasteiger charge is -2.38. The van der Waals surface area contributed by atoms with Gasteiger partial charge in [0, 0.05) is 25.2 Å². The first-order valence-electron chi connectivity index (χ1n) is 11.8. The molecule has 1 aromatic heterocycles. The quantitative estimate of drug-likeness (QED) is 0.554. The van der Waals surface area contributed by atoms with Gasteiger partial charge in [-0.2, -0.15) is 13.2 Å². The van der Waals surface area contributed by atoms with Gasteiger partial charge in [0.25, 0.3) is 5.91 Å². The Balaban J connectivity index is 0.000000454. The van der Waals surface area contributed by atoms with Crippen LogP contribution in [0.25, 0.3) is 0 Å². The molecule has 198 valence electrons. The van der Waals surface area contributed by atoms with Crippen molar-refractivity contribution in [2.24, 2.45) is 0 Å². The van der Waals surface area contributed by atoms with Gasteiger partial charge in [-0.25, -0.2) is 9.18 Å². The van der Waals surface area contributed by atoms with Crippen LogP contribution in [0.3, 0.4) is 0 Å². The summed E-state index contributed by atoms with van der Waals surface area (Å²) < 4.78 is 49.0. The predicted molar refractivity (Wildman–Crippen MR) is 126 cm³/mol. The zero-order valence-corrected chi connectivity index (χ0v) is 21.0. The van der Waals surface area contributed by atoms with Crippen LogP contribution in [0.15, 0.2) is 24.3 Å². The average Bonchev–Trinajstić information content (AvgIpc) is 3.39. The number of amides is 1. The van der Waals surface area contributed by atoms with E-state index in [0.29, 0.717) is 5.69 Å². The average molecular weight is 531 g/mol. The maximum atomic E-state index is 13.3. The number of likely N-dealkylation sites (tertiary alicyclic amines) is 2. The molecule has 7 nitrogen and oxygen atoms in total. The predicted octanol–water partition coefficient (Wildman–Crippen LogP) is 5.09. The van der Waals surface area contributed by atoms with Gasteiger partial charge in [0.1, 0.15) is 5.82 Å². The molecular weight excluding hydrogens is 500 g/mol. The van der Waals surface area contributed by atoms with Crippen molar-refractivity contribution < 1.29 is 32.3 Å². The number of hydrogen-bond acceptors (Lipinski definition) is 6. The molecule has 1 spiro atoms. The zero-order valence-electron chi connectivity index (χ0n) is 20.2. The van der Waals surface area contributed by atoms with Crippen molar-refractivity contribution in [3.63, 3.8) is 0 Å². The number of hydrogen-bond donors (Lipinski definition) is 1. The number of carboxylic acids is 1. The minimum atomic E-state index is -5.08. The third kappa shape index (κ3) is 6.78. The number of aliphatic carboxylic acids is 1. The van der Waals surface area contributed by atoms with Gasteiger partial charge in [0.2, 0.25) is 0 Å². The van der Waals surface area contributed by atoms with E-state index in [1.807, 2.05) is 17.0 Å². The number of carboxylic acid groups (broad SMARTS) is 1. The monoisotopic (exact) mass is 530 g/mol. The SMILES string of the molecule is CC(C)c1snnc1C(=O)N1CCCC2(CCCN2Cc2ccc(F)cc2)CC1.O=C(O)C(F)(F)F. The fraction of sp³-hybridized carbons (Fsp3) is 0.583. The number of carbonyl (C=O) groups is 2. The number of carbonyl (C=O) groups excluding carboxylic acids is 1. The van der Waals surface area contributed by atoms with Crippen molar-refractivity contribution in [1.29, 1.82) is 0 Å². The Morgan fingerprint density at radius 3 is 2.28 bits per heavy atom. The molecule has 1 atom stereocenters. The molecule has 2 fully saturated rings. The summed E-state index contributed by atoms with van der Waals surface area (Å²) in [4.78, 5) is 27.5. The number of nitrogens with zero attached hydrogens (tertiary/aromatic N) is 4. The molecule has 4 rings (SSSR count). The van der Waals surface area contributed by atoms with Crippen molar-refractivity contribution in [2.45, 2.75) is 70.1 Å². The third-order valence-electron chi connectivity index (χ3n) is 6.71. The van der Waals surface area contributed by atoms with E-state index in [1.165, 1.54) is 24.4 Å². The van der Waals surface area contributed by atoms with Crippen LogP contribution < -0.4 is 0 Å². The normalized spacial score (nSPS) is 20.8. The number of rotatable bonds is 4. The van der Waals surface area contributed by atoms with Crippen LogP contribution in [-0.2, 0) is 11.3 Å². The molecule has 12 heteroatoms. The molecule has 1 amide bonds. The lowest BCUT2D eigenvalue weighted by Crippen LogP contribution is -2.44. The van der Waals surface area contributed by atoms with E-state index in [1.54, 1.807) is 12.1 Å². The van der Waals surface area contributed by atoms with Gasteiger partial charge in [-0.1, -0.05) is 30.5 Å². The highest BCUT2D eigenvalue weighted by atomic mass is 32.1. The second-order valence-corrected chi connectivity index (χ2v) is 10.3. The van der Waals surface area contributed by atoms with Gasteiger partial charge in [0.15, 0.2) is 5.69 Å². The van der Waals surface area contributed by atoms with E-state index in [-0.39, 0.29) is 23.2 Å². The molecule has 0 bridgehead atoms. The van der Waals surface area contributed by atoms with E-state index in [0.717, 1.165) is 55.9 Å². The lowest BCUT2D eigenvalue weighted by atomic mass is 9.87. The molecule has 0 radical (unpaired) electrons. The summed E-state index contributed by atoms with van der Waals surface area (Å²) in [5.41, 5.74) is 1.83. The molecule has 36 heavy (non-hydrogen) atoms. The smallest absolute Gasteiger partial charge is 0.475 e. The van der Waals surface area contributed by atoms with Gasteiger partial charge in [0.05, 0.1) is 4.88 Å². The second kappa shape index (κ2) is 11.6. The molecule has 1 unspecified atom stereocenters. The Hall–Kier alpha value is -2.60. The Morgan fingerprint density at radius 1 is 1.08 bits per heavy atom. The van der Waals surface area contributed by atoms with Crippen molar-refractivity contribution in [3.8, 4) is 0 Å². The minimum Gasteiger partial charge on any atom is -0.475 e. The maximum absolute atomic E-state index is 13.3. The fourth-order valence-electron chi connectivity index (χ4n) is 4.87. The van der Waals surface area contributed by atoms with Gasteiger partial charge >= 0.3 is 12.1 Å². The first kappa shape index (κ1) is 28.0. The van der Waals surface area contributed by atoms with Gasteiger partial charge in [-0.05, 0) is 73.8 Å². The van der Waals surface area contributed by atoms with E-state index in [4.69, 9.17) is 9.90 Å². The summed E-state index contributed by atoms with van der Waals surface area (Å²) in [7, 11) is 0. The van der Waals surface area contributed by atoms with Crippen molar-refractivity contribution in [3.05, 3.63) is 46.2 Å². The van der Waals surface area contributed by atoms with Crippen LogP contribution in [0, 0.1) is 5.82 Å². The molecule has 2 aliphatic rings. The number of aromatic nitrogens is 2. The number of halogens is 4. The van der Waals surface area contributed by atoms with Crippen LogP contribution >= 0.6 is 11.5 Å². The highest BCUT2D eigenvalue weighted by Crippen LogP contribution is 2.39. The number of alkyl halides is 3. The van der Waals surface area contributed by atoms with Crippen molar-refractivity contribution in [2.75, 3.05) is 19.6 Å². The minimum absolute atomic E-state index is 0.0302. The largest absolute Gasteiger partial charge is 0.490 e. The molecule has 1 aromatic carbocycles. The first-order valence-corrected chi connectivity index (χ1v) is 12.6. The van der Waals surface area contributed by atoms with E-state index in [9.17, 15) is 22.4 Å². The van der Waals surface area contributed by atoms with Gasteiger partial charge in [-0.3, -0.25) is 9.69 Å². The first-order chi connectivity index (χ1) is 16.9. The molecule has 2 saturated heterocycles. The molecule has 3 heterocycles. The Labute approximate surface area is 211 Å². The summed E-state index contributed by atoms with van der Waals surface area (Å²) in [6.07, 6.45) is 0.355. The van der Waals surface area contributed by atoms with E-state index in [2.05, 4.69) is 28.3 Å². The van der Waals surface area contributed by atoms with E-state index >= 15 is 0 Å². The van der Waals surface area contributed by atoms with Crippen LogP contribution in [0.2, 0.25) is 0 Å². The van der Waals surface area contributed by atoms with Crippen LogP contribution in [-0.4, -0.2) is 67.7 Å². The Kier molecular flexibility index (Phi) is 9.04. The van der Waals surface area contributed by atoms with Crippen LogP contribution in [0.4, 0.5) is 17.6 Å². The Morgan fingerprint density at radius 2 is 1.69 bits per heavy atom. The maximum Gasteiger partial charge on any atom is 0.490 e. The summed E-state index contributed by atoms with van der Waals surface area (Å²) in [6.45, 7) is 7.61. The van der Waals surface area contributed by atoms with Gasteiger partial charge < -0.3 is 10.0 Å². The second-order valence-electron chi connectivity index (χ2n) is 9.47. The standard InChI is InChI=1S/C22H29FN4OS.C2HF3O2/c1-16(2)20-19(24-25-29-20)21(28)26-12-3-9-22(11-14-26)10-4-13-27(22)15-17-5-7-18(23)8-6-17;3-2(4,5)1(6)7/h5-8,16H,3-4,9-15H2,1-2H3;(H,6,7). The highest BCUT2D eigenvalue weighted by molar-refractivity contribution is 7.05. The van der Waals surface area contributed by atoms with Crippen molar-refractivity contribution in [1.82, 2.24) is 19.4 Å². The van der Waals surface area contributed by atoms with Gasteiger partial charge in [-0.15, -0.1) is 5.10 Å². The van der Waals surface area contributed by atoms with Crippen LogP contribution in [0.5, 0.6) is 0 Å². The van der Waals surface area contributed by atoms with E-state index < -0.39 is 12.1 Å². The summed E-state index contributed by atoms with van der Waals surface area (Å²) in [6, 6.07) is 6.85. The number of benzene rings is 1. The van der Waals surface area contributed by atoms with Crippen LogP contribution in [0.1, 0.15) is 72.8 Å². The highest BCUT2D eigenvalue weighted by Gasteiger charge is 2.42. The summed E-state index contributed by atoms with van der Waals surface area (Å²) in [5, 5.41) is 11.3. The summed E-state index contributed by atoms with van der Waals surface area (Å²) >= 11 is 1.33. The van der Waals surface area contributed by atoms with Crippen molar-refractivity contribution >= 4 is 23.4 Å². The topological polar surface area (TPSA) is 86.6 Å². The zero-order chi connectivity index (χ0) is 26.5. The molecular formula is C24H30F4N4O3S. The molecule has 1 N–H and O–H groups in total. The third-order valence-corrected chi connectivity index (χ3v) is 7.74. The molecule has 2 aliphatic heterocycles. The molecule has 2 aromatic rings. The lowest BCUT2D eigenvalue weighted by molar-refractivity contribution is -0.192. The Bertz CT molecular complexity index is 1040. The molecule has 0 saturated carbocycles. The fourth-order valence-corrected chi connectivity index (χ4v) is 5.51. The summed E-state index contributed by atoms with van der Waals surface area (Å²) in [5.74, 6) is -2.66. The molecule has 0 aliphatic carbocycles.